The number of hydrogen-bond donors (Lipinski definition) is 5. The molecule has 0 amide bonds. The smallest absolute Gasteiger partial charge is 0.228 e. The number of fused-ring (bicyclic) bond motifs is 2. The Bertz CT molecular complexity index is 1390. The fourth-order valence-corrected chi connectivity index (χ4v) is 3.97. The van der Waals surface area contributed by atoms with Crippen molar-refractivity contribution in [2.24, 2.45) is 5.10 Å². The summed E-state index contributed by atoms with van der Waals surface area (Å²) in [5.41, 5.74) is 10.5. The Balaban J connectivity index is 1.48. The van der Waals surface area contributed by atoms with Gasteiger partial charge in [-0.25, -0.2) is 25.4 Å². The lowest BCUT2D eigenvalue weighted by Crippen LogP contribution is -2.33. The number of para-hydroxylation sites is 1. The van der Waals surface area contributed by atoms with Gasteiger partial charge in [0, 0.05) is 5.39 Å². The first-order valence-electron chi connectivity index (χ1n) is 10.9. The molecule has 0 aliphatic carbocycles. The number of pyridine rings is 1. The van der Waals surface area contributed by atoms with Crippen molar-refractivity contribution in [3.63, 3.8) is 0 Å². The summed E-state index contributed by atoms with van der Waals surface area (Å²) < 4.78 is 12.7. The molecule has 5 rings (SSSR count). The molecular weight excluding hydrogens is 456 g/mol. The highest BCUT2D eigenvalue weighted by molar-refractivity contribution is 5.89. The number of hydrazone groups is 1. The Kier molecular flexibility index (Phi) is 6.13. The van der Waals surface area contributed by atoms with Crippen LogP contribution in [0.3, 0.4) is 0 Å². The molecule has 13 heteroatoms. The van der Waals surface area contributed by atoms with Crippen molar-refractivity contribution in [2.45, 2.75) is 31.5 Å². The van der Waals surface area contributed by atoms with Crippen LogP contribution < -0.4 is 15.9 Å². The van der Waals surface area contributed by atoms with Crippen LogP contribution in [-0.2, 0) is 4.74 Å². The highest BCUT2D eigenvalue weighted by Gasteiger charge is 2.45. The Labute approximate surface area is 198 Å². The van der Waals surface area contributed by atoms with E-state index in [-0.39, 0.29) is 22.9 Å². The molecule has 0 radical (unpaired) electrons. The number of aromatic nitrogens is 5. The van der Waals surface area contributed by atoms with E-state index in [2.05, 4.69) is 30.5 Å². The number of nitrogens with one attached hydrogen (secondary N) is 1. The highest BCUT2D eigenvalue weighted by Crippen LogP contribution is 2.35. The Hall–Kier alpha value is -3.91. The summed E-state index contributed by atoms with van der Waals surface area (Å²) in [6, 6.07) is 9.42. The fourth-order valence-electron chi connectivity index (χ4n) is 3.97. The molecular formula is C22H24N8O5. The molecule has 1 saturated heterocycles. The molecule has 4 atom stereocenters. The minimum absolute atomic E-state index is 0.118. The molecule has 182 valence electrons. The fraction of sp³-hybridized carbons (Fsp3) is 0.318. The first kappa shape index (κ1) is 22.9. The zero-order valence-corrected chi connectivity index (χ0v) is 18.7. The number of ether oxygens (including phenoxy) is 2. The van der Waals surface area contributed by atoms with E-state index >= 15 is 0 Å². The van der Waals surface area contributed by atoms with E-state index in [9.17, 15) is 15.3 Å². The van der Waals surface area contributed by atoms with Crippen molar-refractivity contribution in [3.05, 3.63) is 42.4 Å². The minimum Gasteiger partial charge on any atom is -0.492 e. The molecule has 4 heterocycles. The molecule has 6 N–H and O–H groups in total. The van der Waals surface area contributed by atoms with Gasteiger partial charge in [0.05, 0.1) is 25.1 Å². The van der Waals surface area contributed by atoms with E-state index in [4.69, 9.17) is 15.2 Å². The number of aliphatic hydroxyl groups excluding tert-OH is 3. The molecule has 35 heavy (non-hydrogen) atoms. The summed E-state index contributed by atoms with van der Waals surface area (Å²) >= 11 is 0. The second-order valence-electron chi connectivity index (χ2n) is 7.83. The van der Waals surface area contributed by atoms with Crippen LogP contribution in [0.2, 0.25) is 0 Å². The number of imidazole rings is 1. The molecule has 0 spiro atoms. The van der Waals surface area contributed by atoms with E-state index < -0.39 is 31.1 Å². The monoisotopic (exact) mass is 480 g/mol. The SMILES string of the molecule is CCOc1cccc2ccc(C=NNc3nc4c(N)ncnc4n3C3OC(CO)C(O)C3O)nc12. The van der Waals surface area contributed by atoms with Gasteiger partial charge in [-0.15, -0.1) is 0 Å². The number of anilines is 2. The van der Waals surface area contributed by atoms with Gasteiger partial charge < -0.3 is 30.5 Å². The number of aliphatic hydroxyl groups is 3. The van der Waals surface area contributed by atoms with Crippen LogP contribution in [0.25, 0.3) is 22.1 Å². The van der Waals surface area contributed by atoms with Crippen molar-refractivity contribution in [1.82, 2.24) is 24.5 Å². The van der Waals surface area contributed by atoms with Crippen LogP contribution in [0, 0.1) is 0 Å². The molecule has 1 aromatic carbocycles. The van der Waals surface area contributed by atoms with Gasteiger partial charge in [0.2, 0.25) is 5.95 Å². The van der Waals surface area contributed by atoms with Crippen molar-refractivity contribution in [2.75, 3.05) is 24.4 Å². The van der Waals surface area contributed by atoms with Gasteiger partial charge in [-0.05, 0) is 19.1 Å². The second-order valence-corrected chi connectivity index (χ2v) is 7.83. The Morgan fingerprint density at radius 3 is 2.80 bits per heavy atom. The molecule has 4 aromatic rings. The van der Waals surface area contributed by atoms with Crippen LogP contribution in [-0.4, -0.2) is 77.6 Å². The van der Waals surface area contributed by atoms with E-state index in [1.165, 1.54) is 17.1 Å². The molecule has 0 bridgehead atoms. The van der Waals surface area contributed by atoms with Crippen LogP contribution in [0.4, 0.5) is 11.8 Å². The third-order valence-electron chi connectivity index (χ3n) is 5.64. The van der Waals surface area contributed by atoms with E-state index in [0.717, 1.165) is 5.39 Å². The van der Waals surface area contributed by atoms with Crippen LogP contribution in [0.1, 0.15) is 18.8 Å². The van der Waals surface area contributed by atoms with E-state index in [1.54, 1.807) is 0 Å². The lowest BCUT2D eigenvalue weighted by molar-refractivity contribution is -0.0501. The number of nitrogens with zero attached hydrogens (tertiary/aromatic N) is 6. The largest absolute Gasteiger partial charge is 0.492 e. The van der Waals surface area contributed by atoms with Crippen LogP contribution >= 0.6 is 0 Å². The molecule has 1 aliphatic rings. The summed E-state index contributed by atoms with van der Waals surface area (Å²) in [5.74, 6) is 0.926. The molecule has 3 aromatic heterocycles. The first-order valence-corrected chi connectivity index (χ1v) is 10.9. The summed E-state index contributed by atoms with van der Waals surface area (Å²) in [5, 5.41) is 35.4. The van der Waals surface area contributed by atoms with Gasteiger partial charge in [-0.2, -0.15) is 5.10 Å². The van der Waals surface area contributed by atoms with Crippen molar-refractivity contribution in [1.29, 1.82) is 0 Å². The second kappa shape index (κ2) is 9.38. The molecule has 1 fully saturated rings. The van der Waals surface area contributed by atoms with Gasteiger partial charge in [0.1, 0.15) is 35.9 Å². The summed E-state index contributed by atoms with van der Waals surface area (Å²) in [6.45, 7) is 1.95. The maximum atomic E-state index is 10.6. The van der Waals surface area contributed by atoms with Crippen LogP contribution in [0.15, 0.2) is 41.8 Å². The lowest BCUT2D eigenvalue weighted by atomic mass is 10.1. The van der Waals surface area contributed by atoms with Gasteiger partial charge in [-0.3, -0.25) is 4.57 Å². The summed E-state index contributed by atoms with van der Waals surface area (Å²) in [7, 11) is 0. The predicted molar refractivity (Wildman–Crippen MR) is 127 cm³/mol. The van der Waals surface area contributed by atoms with E-state index in [1.807, 2.05) is 37.3 Å². The Morgan fingerprint density at radius 1 is 1.17 bits per heavy atom. The number of nitrogen functional groups attached to an aromatic ring is 1. The van der Waals surface area contributed by atoms with Gasteiger partial charge in [0.25, 0.3) is 0 Å². The predicted octanol–water partition coefficient (Wildman–Crippen LogP) is 0.413. The number of benzene rings is 1. The zero-order chi connectivity index (χ0) is 24.5. The maximum Gasteiger partial charge on any atom is 0.228 e. The Morgan fingerprint density at radius 2 is 2.03 bits per heavy atom. The average Bonchev–Trinajstić information content (AvgIpc) is 3.37. The quantitative estimate of drug-likeness (QED) is 0.182. The van der Waals surface area contributed by atoms with Crippen molar-refractivity contribution in [3.8, 4) is 5.75 Å². The molecule has 13 nitrogen and oxygen atoms in total. The molecule has 0 saturated carbocycles. The maximum absolute atomic E-state index is 10.6. The summed E-state index contributed by atoms with van der Waals surface area (Å²) in [4.78, 5) is 17.2. The van der Waals surface area contributed by atoms with Gasteiger partial charge in [0.15, 0.2) is 23.2 Å². The third-order valence-corrected chi connectivity index (χ3v) is 5.64. The highest BCUT2D eigenvalue weighted by atomic mass is 16.6. The summed E-state index contributed by atoms with van der Waals surface area (Å²) in [6.07, 6.45) is -2.00. The topological polar surface area (TPSA) is 186 Å². The first-order chi connectivity index (χ1) is 17.0. The van der Waals surface area contributed by atoms with Gasteiger partial charge >= 0.3 is 0 Å². The minimum atomic E-state index is -1.36. The third kappa shape index (κ3) is 4.10. The van der Waals surface area contributed by atoms with Crippen molar-refractivity contribution < 1.29 is 24.8 Å². The number of nitrogens with two attached hydrogens (primary N) is 1. The van der Waals surface area contributed by atoms with Crippen molar-refractivity contribution >= 4 is 40.0 Å². The molecule has 1 aliphatic heterocycles. The standard InChI is InChI=1S/C22H24N8O5/c1-2-34-13-5-3-4-11-6-7-12(27-15(11)13)8-26-29-22-28-16-19(23)24-10-25-20(16)30(22)21-18(33)17(32)14(9-31)35-21/h3-8,10,14,17-18,21,31-33H,2,9H2,1H3,(H,28,29)(H2,23,24,25). The lowest BCUT2D eigenvalue weighted by Gasteiger charge is -2.18. The normalized spacial score (nSPS) is 22.4. The van der Waals surface area contributed by atoms with Gasteiger partial charge in [-0.1, -0.05) is 18.2 Å². The number of hydrogen-bond acceptors (Lipinski definition) is 12. The van der Waals surface area contributed by atoms with Crippen LogP contribution in [0.5, 0.6) is 5.75 Å². The van der Waals surface area contributed by atoms with E-state index in [0.29, 0.717) is 23.6 Å². The average molecular weight is 480 g/mol. The number of rotatable bonds is 7. The zero-order valence-electron chi connectivity index (χ0n) is 18.7. The molecule has 4 unspecified atom stereocenters.